The van der Waals surface area contributed by atoms with E-state index in [-0.39, 0.29) is 6.61 Å². The maximum atomic E-state index is 10.8. The van der Waals surface area contributed by atoms with E-state index in [0.717, 1.165) is 11.8 Å². The van der Waals surface area contributed by atoms with E-state index in [4.69, 9.17) is 5.11 Å². The molecular formula is C10H10N2O2. The number of aliphatic hydroxyl groups excluding tert-OH is 1. The highest BCUT2D eigenvalue weighted by Gasteiger charge is 2.05. The smallest absolute Gasteiger partial charge is 0.166 e. The molecule has 2 rings (SSSR count). The number of aliphatic hydroxyl groups is 1. The first kappa shape index (κ1) is 8.90. The van der Waals surface area contributed by atoms with E-state index in [9.17, 15) is 4.79 Å². The summed E-state index contributed by atoms with van der Waals surface area (Å²) in [6.45, 7) is 0.0340. The molecule has 0 saturated heterocycles. The van der Waals surface area contributed by atoms with Gasteiger partial charge in [0.05, 0.1) is 24.0 Å². The number of fused-ring (bicyclic) bond motifs is 1. The molecule has 0 unspecified atom stereocenters. The third-order valence-electron chi connectivity index (χ3n) is 2.11. The van der Waals surface area contributed by atoms with Crippen LogP contribution in [0, 0.1) is 0 Å². The molecule has 2 aromatic heterocycles. The molecule has 72 valence electrons. The van der Waals surface area contributed by atoms with Crippen LogP contribution in [0.1, 0.15) is 16.3 Å². The van der Waals surface area contributed by atoms with E-state index in [1.165, 1.54) is 0 Å². The minimum Gasteiger partial charge on any atom is -0.396 e. The van der Waals surface area contributed by atoms with Gasteiger partial charge in [-0.05, 0) is 12.1 Å². The van der Waals surface area contributed by atoms with E-state index in [0.29, 0.717) is 17.9 Å². The van der Waals surface area contributed by atoms with Gasteiger partial charge in [0, 0.05) is 6.42 Å². The molecule has 4 heteroatoms. The van der Waals surface area contributed by atoms with Crippen molar-refractivity contribution in [1.29, 1.82) is 0 Å². The molecular weight excluding hydrogens is 180 g/mol. The highest BCUT2D eigenvalue weighted by molar-refractivity contribution is 5.74. The standard InChI is InChI=1S/C10H10N2O2/c13-5-4-10-11-6-8-2-1-3-9(7-14)12(8)10/h1-3,6-7,13H,4-5H2. The average molecular weight is 190 g/mol. The van der Waals surface area contributed by atoms with Gasteiger partial charge in [0.25, 0.3) is 0 Å². The van der Waals surface area contributed by atoms with E-state index in [1.807, 2.05) is 12.1 Å². The van der Waals surface area contributed by atoms with Crippen molar-refractivity contribution in [2.24, 2.45) is 0 Å². The minimum absolute atomic E-state index is 0.0340. The van der Waals surface area contributed by atoms with Gasteiger partial charge in [0.1, 0.15) is 5.82 Å². The molecule has 0 amide bonds. The second-order valence-electron chi connectivity index (χ2n) is 2.98. The monoisotopic (exact) mass is 190 g/mol. The highest BCUT2D eigenvalue weighted by Crippen LogP contribution is 2.09. The van der Waals surface area contributed by atoms with Crippen molar-refractivity contribution in [1.82, 2.24) is 9.38 Å². The molecule has 0 spiro atoms. The van der Waals surface area contributed by atoms with Gasteiger partial charge in [0.15, 0.2) is 6.29 Å². The Balaban J connectivity index is 2.67. The normalized spacial score (nSPS) is 10.6. The molecule has 1 N–H and O–H groups in total. The van der Waals surface area contributed by atoms with Crippen LogP contribution in [-0.2, 0) is 6.42 Å². The van der Waals surface area contributed by atoms with Gasteiger partial charge in [-0.1, -0.05) is 6.07 Å². The number of imidazole rings is 1. The average Bonchev–Trinajstić information content (AvgIpc) is 2.62. The third kappa shape index (κ3) is 1.29. The van der Waals surface area contributed by atoms with Crippen molar-refractivity contribution in [2.45, 2.75) is 6.42 Å². The number of rotatable bonds is 3. The predicted molar refractivity (Wildman–Crippen MR) is 51.4 cm³/mol. The summed E-state index contributed by atoms with van der Waals surface area (Å²) in [5, 5.41) is 8.82. The van der Waals surface area contributed by atoms with Gasteiger partial charge in [-0.3, -0.25) is 9.20 Å². The SMILES string of the molecule is O=Cc1cccc2cnc(CCO)n12. The van der Waals surface area contributed by atoms with Crippen LogP contribution in [0.2, 0.25) is 0 Å². The number of hydrogen-bond donors (Lipinski definition) is 1. The summed E-state index contributed by atoms with van der Waals surface area (Å²) in [5.41, 5.74) is 1.43. The first-order valence-corrected chi connectivity index (χ1v) is 4.38. The number of aldehydes is 1. The van der Waals surface area contributed by atoms with Crippen molar-refractivity contribution in [3.05, 3.63) is 35.9 Å². The Morgan fingerprint density at radius 3 is 3.07 bits per heavy atom. The molecule has 2 heterocycles. The first-order chi connectivity index (χ1) is 6.86. The van der Waals surface area contributed by atoms with Crippen LogP contribution < -0.4 is 0 Å². The Morgan fingerprint density at radius 2 is 2.36 bits per heavy atom. The molecule has 0 aliphatic carbocycles. The van der Waals surface area contributed by atoms with Gasteiger partial charge >= 0.3 is 0 Å². The van der Waals surface area contributed by atoms with E-state index in [2.05, 4.69) is 4.98 Å². The largest absolute Gasteiger partial charge is 0.396 e. The summed E-state index contributed by atoms with van der Waals surface area (Å²) in [6, 6.07) is 5.41. The fourth-order valence-electron chi connectivity index (χ4n) is 1.51. The third-order valence-corrected chi connectivity index (χ3v) is 2.11. The molecule has 0 aliphatic heterocycles. The molecule has 0 bridgehead atoms. The van der Waals surface area contributed by atoms with E-state index < -0.39 is 0 Å². The van der Waals surface area contributed by atoms with Crippen LogP contribution in [0.15, 0.2) is 24.4 Å². The second-order valence-corrected chi connectivity index (χ2v) is 2.98. The van der Waals surface area contributed by atoms with Gasteiger partial charge in [0.2, 0.25) is 0 Å². The zero-order chi connectivity index (χ0) is 9.97. The van der Waals surface area contributed by atoms with Crippen LogP contribution >= 0.6 is 0 Å². The maximum absolute atomic E-state index is 10.8. The lowest BCUT2D eigenvalue weighted by Gasteiger charge is -2.01. The number of nitrogens with zero attached hydrogens (tertiary/aromatic N) is 2. The molecule has 0 saturated carbocycles. The van der Waals surface area contributed by atoms with Crippen molar-refractivity contribution in [3.8, 4) is 0 Å². The van der Waals surface area contributed by atoms with Crippen LogP contribution in [0.4, 0.5) is 0 Å². The summed E-state index contributed by atoms with van der Waals surface area (Å²) in [4.78, 5) is 14.9. The van der Waals surface area contributed by atoms with Crippen molar-refractivity contribution >= 4 is 11.8 Å². The Kier molecular flexibility index (Phi) is 2.28. The molecule has 4 nitrogen and oxygen atoms in total. The summed E-state index contributed by atoms with van der Waals surface area (Å²) in [5.74, 6) is 0.713. The zero-order valence-corrected chi connectivity index (χ0v) is 7.55. The van der Waals surface area contributed by atoms with Gasteiger partial charge in [-0.2, -0.15) is 0 Å². The Labute approximate surface area is 80.8 Å². The second kappa shape index (κ2) is 3.59. The summed E-state index contributed by atoms with van der Waals surface area (Å²) in [7, 11) is 0. The number of pyridine rings is 1. The number of carbonyl (C=O) groups is 1. The van der Waals surface area contributed by atoms with Crippen LogP contribution in [0.5, 0.6) is 0 Å². The lowest BCUT2D eigenvalue weighted by Crippen LogP contribution is -2.02. The fraction of sp³-hybridized carbons (Fsp3) is 0.200. The molecule has 0 fully saturated rings. The van der Waals surface area contributed by atoms with Gasteiger partial charge < -0.3 is 5.11 Å². The topological polar surface area (TPSA) is 54.6 Å². The first-order valence-electron chi connectivity index (χ1n) is 4.38. The zero-order valence-electron chi connectivity index (χ0n) is 7.55. The summed E-state index contributed by atoms with van der Waals surface area (Å²) < 4.78 is 1.75. The minimum atomic E-state index is 0.0340. The Hall–Kier alpha value is -1.68. The molecule has 0 aromatic carbocycles. The maximum Gasteiger partial charge on any atom is 0.166 e. The summed E-state index contributed by atoms with van der Waals surface area (Å²) >= 11 is 0. The lowest BCUT2D eigenvalue weighted by atomic mass is 10.3. The predicted octanol–water partition coefficient (Wildman–Crippen LogP) is 0.682. The van der Waals surface area contributed by atoms with Gasteiger partial charge in [-0.15, -0.1) is 0 Å². The van der Waals surface area contributed by atoms with Crippen LogP contribution in [0.3, 0.4) is 0 Å². The quantitative estimate of drug-likeness (QED) is 0.724. The van der Waals surface area contributed by atoms with Crippen LogP contribution in [0.25, 0.3) is 5.52 Å². The number of carbonyl (C=O) groups excluding carboxylic acids is 1. The van der Waals surface area contributed by atoms with E-state index in [1.54, 1.807) is 16.7 Å². The Morgan fingerprint density at radius 1 is 1.50 bits per heavy atom. The van der Waals surface area contributed by atoms with Crippen molar-refractivity contribution < 1.29 is 9.90 Å². The molecule has 0 atom stereocenters. The highest BCUT2D eigenvalue weighted by atomic mass is 16.3. The number of aromatic nitrogens is 2. The van der Waals surface area contributed by atoms with Crippen molar-refractivity contribution in [2.75, 3.05) is 6.61 Å². The van der Waals surface area contributed by atoms with Gasteiger partial charge in [-0.25, -0.2) is 4.98 Å². The molecule has 2 aromatic rings. The van der Waals surface area contributed by atoms with Crippen LogP contribution in [-0.4, -0.2) is 27.4 Å². The molecule has 14 heavy (non-hydrogen) atoms. The molecule has 0 radical (unpaired) electrons. The molecule has 0 aliphatic rings. The fourth-order valence-corrected chi connectivity index (χ4v) is 1.51. The number of hydrogen-bond acceptors (Lipinski definition) is 3. The summed E-state index contributed by atoms with van der Waals surface area (Å²) in [6.07, 6.45) is 2.94. The lowest BCUT2D eigenvalue weighted by molar-refractivity contribution is 0.111. The van der Waals surface area contributed by atoms with Crippen molar-refractivity contribution in [3.63, 3.8) is 0 Å². The van der Waals surface area contributed by atoms with E-state index >= 15 is 0 Å². The Bertz CT molecular complexity index is 462.